The SMILES string of the molecule is Cc1cccc([C@@H](C)Nc2nnc(C)c3ccc(N4CCN(C)C5(CC5)C4)cc23)c1C. The van der Waals surface area contributed by atoms with Crippen LogP contribution >= 0.6 is 0 Å². The molecule has 0 radical (unpaired) electrons. The van der Waals surface area contributed by atoms with Gasteiger partial charge in [0.25, 0.3) is 0 Å². The van der Waals surface area contributed by atoms with Crippen molar-refractivity contribution < 1.29 is 0 Å². The Bertz CT molecular complexity index is 1130. The van der Waals surface area contributed by atoms with Crippen LogP contribution in [-0.2, 0) is 0 Å². The van der Waals surface area contributed by atoms with Crippen LogP contribution in [0, 0.1) is 20.8 Å². The second kappa shape index (κ2) is 7.49. The molecular formula is C26H33N5. The molecule has 2 fully saturated rings. The van der Waals surface area contributed by atoms with E-state index in [1.165, 1.54) is 40.6 Å². The van der Waals surface area contributed by atoms with Gasteiger partial charge in [-0.2, -0.15) is 5.10 Å². The highest BCUT2D eigenvalue weighted by atomic mass is 15.3. The number of fused-ring (bicyclic) bond motifs is 1. The van der Waals surface area contributed by atoms with Crippen molar-refractivity contribution in [3.63, 3.8) is 0 Å². The Morgan fingerprint density at radius 3 is 2.58 bits per heavy atom. The van der Waals surface area contributed by atoms with Crippen molar-refractivity contribution in [2.45, 2.75) is 52.1 Å². The highest BCUT2D eigenvalue weighted by molar-refractivity contribution is 5.95. The van der Waals surface area contributed by atoms with Gasteiger partial charge >= 0.3 is 0 Å². The molecular weight excluding hydrogens is 382 g/mol. The van der Waals surface area contributed by atoms with Crippen LogP contribution in [0.1, 0.15) is 48.2 Å². The van der Waals surface area contributed by atoms with Gasteiger partial charge in [0, 0.05) is 41.6 Å². The normalized spacial score (nSPS) is 19.1. The molecule has 162 valence electrons. The summed E-state index contributed by atoms with van der Waals surface area (Å²) in [5.41, 5.74) is 6.63. The third-order valence-electron chi connectivity index (χ3n) is 7.61. The van der Waals surface area contributed by atoms with Crippen molar-refractivity contribution in [1.82, 2.24) is 15.1 Å². The largest absolute Gasteiger partial charge is 0.368 e. The van der Waals surface area contributed by atoms with Gasteiger partial charge in [-0.25, -0.2) is 0 Å². The zero-order valence-corrected chi connectivity index (χ0v) is 19.4. The molecule has 1 aromatic heterocycles. The van der Waals surface area contributed by atoms with Crippen molar-refractivity contribution in [3.05, 3.63) is 58.8 Å². The molecule has 31 heavy (non-hydrogen) atoms. The maximum Gasteiger partial charge on any atom is 0.157 e. The lowest BCUT2D eigenvalue weighted by atomic mass is 9.98. The standard InChI is InChI=1S/C26H33N5/c1-17-7-6-8-22(18(17)2)19(3)27-25-24-15-21(9-10-23(24)20(4)28-29-25)31-14-13-30(5)26(16-31)11-12-26/h6-10,15,19H,11-14,16H2,1-5H3,(H,27,29)/t19-/m1/s1. The number of aromatic nitrogens is 2. The first-order chi connectivity index (χ1) is 14.9. The van der Waals surface area contributed by atoms with Gasteiger partial charge in [0.15, 0.2) is 5.82 Å². The first-order valence-electron chi connectivity index (χ1n) is 11.4. The molecule has 1 atom stereocenters. The average molecular weight is 416 g/mol. The Hall–Kier alpha value is -2.66. The summed E-state index contributed by atoms with van der Waals surface area (Å²) in [7, 11) is 2.28. The summed E-state index contributed by atoms with van der Waals surface area (Å²) in [4.78, 5) is 5.11. The fourth-order valence-corrected chi connectivity index (χ4v) is 5.07. The zero-order chi connectivity index (χ0) is 21.8. The Morgan fingerprint density at radius 2 is 1.81 bits per heavy atom. The first-order valence-corrected chi connectivity index (χ1v) is 11.4. The average Bonchev–Trinajstić information content (AvgIpc) is 3.54. The lowest BCUT2D eigenvalue weighted by Crippen LogP contribution is -2.53. The van der Waals surface area contributed by atoms with Crippen LogP contribution in [0.2, 0.25) is 0 Å². The molecule has 1 saturated carbocycles. The smallest absolute Gasteiger partial charge is 0.157 e. The van der Waals surface area contributed by atoms with Crippen LogP contribution in [-0.4, -0.2) is 47.3 Å². The highest BCUT2D eigenvalue weighted by Crippen LogP contribution is 2.44. The number of piperazine rings is 1. The van der Waals surface area contributed by atoms with Crippen LogP contribution in [0.3, 0.4) is 0 Å². The van der Waals surface area contributed by atoms with Crippen LogP contribution in [0.15, 0.2) is 36.4 Å². The van der Waals surface area contributed by atoms with E-state index < -0.39 is 0 Å². The van der Waals surface area contributed by atoms with Gasteiger partial charge in [0.2, 0.25) is 0 Å². The summed E-state index contributed by atoms with van der Waals surface area (Å²) in [5.74, 6) is 0.867. The minimum Gasteiger partial charge on any atom is -0.368 e. The fraction of sp³-hybridized carbons (Fsp3) is 0.462. The summed E-state index contributed by atoms with van der Waals surface area (Å²) in [5, 5.41) is 15.0. The third kappa shape index (κ3) is 3.55. The van der Waals surface area contributed by atoms with E-state index in [2.05, 4.69) is 89.5 Å². The highest BCUT2D eigenvalue weighted by Gasteiger charge is 2.49. The van der Waals surface area contributed by atoms with Gasteiger partial charge in [-0.1, -0.05) is 24.3 Å². The molecule has 0 amide bonds. The quantitative estimate of drug-likeness (QED) is 0.649. The molecule has 1 spiro atoms. The van der Waals surface area contributed by atoms with Crippen molar-refractivity contribution in [2.75, 3.05) is 36.9 Å². The van der Waals surface area contributed by atoms with E-state index in [0.717, 1.165) is 36.5 Å². The molecule has 1 aliphatic heterocycles. The van der Waals surface area contributed by atoms with Crippen LogP contribution in [0.25, 0.3) is 10.8 Å². The summed E-state index contributed by atoms with van der Waals surface area (Å²) in [6.45, 7) is 11.9. The van der Waals surface area contributed by atoms with Gasteiger partial charge in [0.1, 0.15) is 0 Å². The molecule has 2 aliphatic rings. The summed E-state index contributed by atoms with van der Waals surface area (Å²) in [6, 6.07) is 13.5. The molecule has 2 aromatic carbocycles. The number of anilines is 2. The van der Waals surface area contributed by atoms with E-state index in [1.54, 1.807) is 0 Å². The second-order valence-electron chi connectivity index (χ2n) is 9.59. The van der Waals surface area contributed by atoms with Crippen molar-refractivity contribution in [2.24, 2.45) is 0 Å². The van der Waals surface area contributed by atoms with Gasteiger partial charge in [-0.3, -0.25) is 4.90 Å². The molecule has 0 unspecified atom stereocenters. The van der Waals surface area contributed by atoms with Crippen molar-refractivity contribution in [3.8, 4) is 0 Å². The summed E-state index contributed by atoms with van der Waals surface area (Å²) in [6.07, 6.45) is 2.64. The van der Waals surface area contributed by atoms with E-state index in [9.17, 15) is 0 Å². The second-order valence-corrected chi connectivity index (χ2v) is 9.59. The molecule has 1 N–H and O–H groups in total. The fourth-order valence-electron chi connectivity index (χ4n) is 5.07. The molecule has 0 bridgehead atoms. The van der Waals surface area contributed by atoms with Crippen LogP contribution in [0.5, 0.6) is 0 Å². The van der Waals surface area contributed by atoms with E-state index >= 15 is 0 Å². The zero-order valence-electron chi connectivity index (χ0n) is 19.4. The molecule has 1 aliphatic carbocycles. The minimum atomic E-state index is 0.155. The van der Waals surface area contributed by atoms with Gasteiger partial charge in [-0.15, -0.1) is 5.10 Å². The molecule has 5 rings (SSSR count). The lowest BCUT2D eigenvalue weighted by Gasteiger charge is -2.41. The molecule has 5 nitrogen and oxygen atoms in total. The number of benzene rings is 2. The number of likely N-dealkylation sites (N-methyl/N-ethyl adjacent to an activating group) is 1. The Labute approximate surface area is 185 Å². The first kappa shape index (κ1) is 20.3. The van der Waals surface area contributed by atoms with E-state index in [4.69, 9.17) is 0 Å². The molecule has 3 aromatic rings. The number of hydrogen-bond acceptors (Lipinski definition) is 5. The van der Waals surface area contributed by atoms with Crippen molar-refractivity contribution in [1.29, 1.82) is 0 Å². The Balaban J connectivity index is 1.49. The number of hydrogen-bond donors (Lipinski definition) is 1. The van der Waals surface area contributed by atoms with E-state index in [1.807, 2.05) is 6.92 Å². The summed E-state index contributed by atoms with van der Waals surface area (Å²) < 4.78 is 0. The monoisotopic (exact) mass is 415 g/mol. The van der Waals surface area contributed by atoms with Gasteiger partial charge in [-0.05, 0) is 76.4 Å². The van der Waals surface area contributed by atoms with Gasteiger partial charge in [0.05, 0.1) is 11.7 Å². The lowest BCUT2D eigenvalue weighted by molar-refractivity contribution is 0.199. The maximum atomic E-state index is 4.58. The van der Waals surface area contributed by atoms with Gasteiger partial charge < -0.3 is 10.2 Å². The topological polar surface area (TPSA) is 44.3 Å². The predicted octanol–water partition coefficient (Wildman–Crippen LogP) is 5.01. The van der Waals surface area contributed by atoms with E-state index in [0.29, 0.717) is 5.54 Å². The van der Waals surface area contributed by atoms with Crippen molar-refractivity contribution >= 4 is 22.3 Å². The molecule has 5 heteroatoms. The molecule has 2 heterocycles. The number of nitrogens with one attached hydrogen (secondary N) is 1. The predicted molar refractivity (Wildman–Crippen MR) is 129 cm³/mol. The summed E-state index contributed by atoms with van der Waals surface area (Å²) >= 11 is 0. The van der Waals surface area contributed by atoms with Crippen LogP contribution in [0.4, 0.5) is 11.5 Å². The molecule has 1 saturated heterocycles. The maximum absolute atomic E-state index is 4.58. The number of nitrogens with zero attached hydrogens (tertiary/aromatic N) is 4. The third-order valence-corrected chi connectivity index (χ3v) is 7.61. The van der Waals surface area contributed by atoms with E-state index in [-0.39, 0.29) is 6.04 Å². The number of rotatable bonds is 4. The Kier molecular flexibility index (Phi) is 4.89. The minimum absolute atomic E-state index is 0.155. The number of aryl methyl sites for hydroxylation is 2. The Morgan fingerprint density at radius 1 is 1.00 bits per heavy atom. The van der Waals surface area contributed by atoms with Crippen LogP contribution < -0.4 is 10.2 Å².